The van der Waals surface area contributed by atoms with Crippen molar-refractivity contribution in [2.75, 3.05) is 32.6 Å². The molecular formula is C15H20F2N2O2. The van der Waals surface area contributed by atoms with Crippen molar-refractivity contribution in [3.05, 3.63) is 29.3 Å². The van der Waals surface area contributed by atoms with Gasteiger partial charge >= 0.3 is 5.97 Å². The van der Waals surface area contributed by atoms with Crippen LogP contribution in [0.25, 0.3) is 0 Å². The molecule has 1 heterocycles. The number of esters is 1. The van der Waals surface area contributed by atoms with Gasteiger partial charge < -0.3 is 15.0 Å². The number of ether oxygens (including phenoxy) is 1. The highest BCUT2D eigenvalue weighted by molar-refractivity contribution is 5.90. The number of anilines is 1. The van der Waals surface area contributed by atoms with Gasteiger partial charge in [-0.25, -0.2) is 13.6 Å². The highest BCUT2D eigenvalue weighted by Crippen LogP contribution is 2.23. The molecule has 1 aromatic carbocycles. The molecule has 116 valence electrons. The Labute approximate surface area is 123 Å². The summed E-state index contributed by atoms with van der Waals surface area (Å²) >= 11 is 0. The fraction of sp³-hybridized carbons (Fsp3) is 0.533. The molecule has 21 heavy (non-hydrogen) atoms. The van der Waals surface area contributed by atoms with E-state index >= 15 is 0 Å². The van der Waals surface area contributed by atoms with Crippen LogP contribution in [0, 0.1) is 11.6 Å². The summed E-state index contributed by atoms with van der Waals surface area (Å²) in [4.78, 5) is 13.7. The summed E-state index contributed by atoms with van der Waals surface area (Å²) in [6, 6.07) is 2.02. The van der Waals surface area contributed by atoms with Gasteiger partial charge in [-0.2, -0.15) is 0 Å². The Morgan fingerprint density at radius 1 is 1.29 bits per heavy atom. The molecule has 1 N–H and O–H groups in total. The molecule has 0 saturated carbocycles. The Bertz CT molecular complexity index is 523. The fourth-order valence-electron chi connectivity index (χ4n) is 2.53. The van der Waals surface area contributed by atoms with E-state index in [1.807, 2.05) is 0 Å². The lowest BCUT2D eigenvalue weighted by Crippen LogP contribution is -2.23. The number of hydrogen-bond acceptors (Lipinski definition) is 4. The van der Waals surface area contributed by atoms with Gasteiger partial charge in [-0.15, -0.1) is 0 Å². The van der Waals surface area contributed by atoms with Crippen LogP contribution in [0.2, 0.25) is 0 Å². The molecule has 1 aromatic rings. The van der Waals surface area contributed by atoms with Crippen LogP contribution in [-0.2, 0) is 4.74 Å². The van der Waals surface area contributed by atoms with Crippen LogP contribution >= 0.6 is 0 Å². The van der Waals surface area contributed by atoms with Crippen molar-refractivity contribution in [3.63, 3.8) is 0 Å². The molecule has 0 aromatic heterocycles. The monoisotopic (exact) mass is 298 g/mol. The van der Waals surface area contributed by atoms with E-state index in [-0.39, 0.29) is 17.3 Å². The van der Waals surface area contributed by atoms with Crippen molar-refractivity contribution >= 4 is 11.7 Å². The van der Waals surface area contributed by atoms with E-state index in [9.17, 15) is 13.6 Å². The summed E-state index contributed by atoms with van der Waals surface area (Å²) in [6.07, 6.45) is 2.80. The Balaban J connectivity index is 2.17. The van der Waals surface area contributed by atoms with Crippen LogP contribution in [0.3, 0.4) is 0 Å². The largest absolute Gasteiger partial charge is 0.465 e. The zero-order valence-electron chi connectivity index (χ0n) is 12.3. The second-order valence-corrected chi connectivity index (χ2v) is 5.38. The average Bonchev–Trinajstić information content (AvgIpc) is 2.66. The number of benzene rings is 1. The molecule has 0 spiro atoms. The van der Waals surface area contributed by atoms with Crippen LogP contribution in [0.15, 0.2) is 12.1 Å². The molecule has 1 aliphatic rings. The normalized spacial score (nSPS) is 19.9. The molecule has 6 heteroatoms. The molecule has 4 nitrogen and oxygen atoms in total. The Kier molecular flexibility index (Phi) is 5.12. The minimum atomic E-state index is -0.912. The summed E-state index contributed by atoms with van der Waals surface area (Å²) in [5.41, 5.74) is -0.113. The standard InChI is InChI=1S/C15H20F2N2O2/c1-19-6-3-4-10(5-7-19)18-14-8-11(15(20)21-2)12(16)9-13(14)17/h8-10,18H,3-7H2,1-2H3. The van der Waals surface area contributed by atoms with Crippen molar-refractivity contribution in [1.82, 2.24) is 4.90 Å². The van der Waals surface area contributed by atoms with Crippen LogP contribution < -0.4 is 5.32 Å². The van der Waals surface area contributed by atoms with E-state index in [4.69, 9.17) is 0 Å². The molecule has 1 atom stereocenters. The maximum absolute atomic E-state index is 13.9. The molecule has 0 aliphatic carbocycles. The molecule has 0 amide bonds. The third-order valence-corrected chi connectivity index (χ3v) is 3.77. The Hall–Kier alpha value is -1.69. The van der Waals surface area contributed by atoms with E-state index in [2.05, 4.69) is 22.0 Å². The van der Waals surface area contributed by atoms with Crippen LogP contribution in [0.1, 0.15) is 29.6 Å². The summed E-state index contributed by atoms with van der Waals surface area (Å²) in [7, 11) is 3.22. The molecular weight excluding hydrogens is 278 g/mol. The molecule has 1 saturated heterocycles. The van der Waals surface area contributed by atoms with Crippen molar-refractivity contribution < 1.29 is 18.3 Å². The topological polar surface area (TPSA) is 41.6 Å². The van der Waals surface area contributed by atoms with Gasteiger partial charge in [0.1, 0.15) is 11.6 Å². The maximum atomic E-state index is 13.9. The van der Waals surface area contributed by atoms with Gasteiger partial charge in [-0.1, -0.05) is 0 Å². The average molecular weight is 298 g/mol. The summed E-state index contributed by atoms with van der Waals surface area (Å²) < 4.78 is 32.0. The minimum Gasteiger partial charge on any atom is -0.465 e. The van der Waals surface area contributed by atoms with E-state index in [1.165, 1.54) is 13.2 Å². The number of carbonyl (C=O) groups is 1. The first-order valence-electron chi connectivity index (χ1n) is 7.03. The summed E-state index contributed by atoms with van der Waals surface area (Å²) in [6.45, 7) is 1.93. The highest BCUT2D eigenvalue weighted by Gasteiger charge is 2.20. The first-order chi connectivity index (χ1) is 10.0. The second-order valence-electron chi connectivity index (χ2n) is 5.38. The number of likely N-dealkylation sites (tertiary alicyclic amines) is 1. The predicted octanol–water partition coefficient (Wildman–Crippen LogP) is 2.65. The van der Waals surface area contributed by atoms with Gasteiger partial charge in [-0.05, 0) is 45.5 Å². The third kappa shape index (κ3) is 3.91. The smallest absolute Gasteiger partial charge is 0.340 e. The predicted molar refractivity (Wildman–Crippen MR) is 76.5 cm³/mol. The van der Waals surface area contributed by atoms with Gasteiger partial charge in [0.2, 0.25) is 0 Å². The number of halogens is 2. The zero-order valence-corrected chi connectivity index (χ0v) is 12.3. The van der Waals surface area contributed by atoms with Crippen molar-refractivity contribution in [3.8, 4) is 0 Å². The van der Waals surface area contributed by atoms with Crippen LogP contribution in [-0.4, -0.2) is 44.2 Å². The zero-order chi connectivity index (χ0) is 15.4. The van der Waals surface area contributed by atoms with E-state index in [0.717, 1.165) is 38.4 Å². The summed E-state index contributed by atoms with van der Waals surface area (Å²) in [5.74, 6) is -2.42. The third-order valence-electron chi connectivity index (χ3n) is 3.77. The molecule has 0 bridgehead atoms. The number of nitrogens with one attached hydrogen (secondary N) is 1. The Morgan fingerprint density at radius 3 is 2.76 bits per heavy atom. The van der Waals surface area contributed by atoms with Crippen molar-refractivity contribution in [1.29, 1.82) is 0 Å². The van der Waals surface area contributed by atoms with Gasteiger partial charge in [-0.3, -0.25) is 0 Å². The molecule has 1 fully saturated rings. The van der Waals surface area contributed by atoms with E-state index in [1.54, 1.807) is 0 Å². The first kappa shape index (κ1) is 15.7. The number of nitrogens with zero attached hydrogens (tertiary/aromatic N) is 1. The second kappa shape index (κ2) is 6.85. The van der Waals surface area contributed by atoms with E-state index < -0.39 is 17.6 Å². The lowest BCUT2D eigenvalue weighted by Gasteiger charge is -2.19. The quantitative estimate of drug-likeness (QED) is 0.871. The minimum absolute atomic E-state index is 0.111. The molecule has 1 aliphatic heterocycles. The Morgan fingerprint density at radius 2 is 2.05 bits per heavy atom. The van der Waals surface area contributed by atoms with Crippen LogP contribution in [0.4, 0.5) is 14.5 Å². The number of rotatable bonds is 3. The van der Waals surface area contributed by atoms with E-state index in [0.29, 0.717) is 0 Å². The number of methoxy groups -OCH3 is 1. The highest BCUT2D eigenvalue weighted by atomic mass is 19.1. The van der Waals surface area contributed by atoms with Gasteiger partial charge in [0.05, 0.1) is 18.4 Å². The summed E-state index contributed by atoms with van der Waals surface area (Å²) in [5, 5.41) is 3.08. The number of hydrogen-bond donors (Lipinski definition) is 1. The van der Waals surface area contributed by atoms with Crippen molar-refractivity contribution in [2.24, 2.45) is 0 Å². The lowest BCUT2D eigenvalue weighted by molar-refractivity contribution is 0.0595. The molecule has 1 unspecified atom stereocenters. The lowest BCUT2D eigenvalue weighted by atomic mass is 10.1. The maximum Gasteiger partial charge on any atom is 0.340 e. The van der Waals surface area contributed by atoms with Crippen molar-refractivity contribution in [2.45, 2.75) is 25.3 Å². The fourth-order valence-corrected chi connectivity index (χ4v) is 2.53. The van der Waals surface area contributed by atoms with Gasteiger partial charge in [0, 0.05) is 12.1 Å². The SMILES string of the molecule is COC(=O)c1cc(NC2CCCN(C)CC2)c(F)cc1F. The first-order valence-corrected chi connectivity index (χ1v) is 7.03. The molecule has 0 radical (unpaired) electrons. The van der Waals surface area contributed by atoms with Gasteiger partial charge in [0.15, 0.2) is 0 Å². The number of carbonyl (C=O) groups excluding carboxylic acids is 1. The van der Waals surface area contributed by atoms with Gasteiger partial charge in [0.25, 0.3) is 0 Å². The van der Waals surface area contributed by atoms with Crippen LogP contribution in [0.5, 0.6) is 0 Å². The molecule has 2 rings (SSSR count).